The third kappa shape index (κ3) is 4.88. The molecule has 2 aliphatic rings. The maximum absolute atomic E-state index is 12.7. The average Bonchev–Trinajstić information content (AvgIpc) is 2.84. The van der Waals surface area contributed by atoms with Crippen LogP contribution in [-0.4, -0.2) is 61.2 Å². The largest absolute Gasteiger partial charge is 0.496 e. The summed E-state index contributed by atoms with van der Waals surface area (Å²) < 4.78 is 5.24. The number of carbonyl (C=O) groups is 2. The fourth-order valence-electron chi connectivity index (χ4n) is 4.83. The molecule has 2 N–H and O–H groups in total. The minimum Gasteiger partial charge on any atom is -0.496 e. The van der Waals surface area contributed by atoms with Gasteiger partial charge in [0.2, 0.25) is 0 Å². The zero-order valence-corrected chi connectivity index (χ0v) is 18.5. The van der Waals surface area contributed by atoms with E-state index < -0.39 is 11.9 Å². The van der Waals surface area contributed by atoms with E-state index in [1.54, 1.807) is 36.4 Å². The smallest absolute Gasteiger partial charge is 0.337 e. The van der Waals surface area contributed by atoms with Crippen molar-refractivity contribution in [1.29, 1.82) is 0 Å². The summed E-state index contributed by atoms with van der Waals surface area (Å²) in [6, 6.07) is 12.8. The molecule has 0 spiro atoms. The summed E-state index contributed by atoms with van der Waals surface area (Å²) >= 11 is 0. The van der Waals surface area contributed by atoms with Gasteiger partial charge in [-0.15, -0.1) is 0 Å². The number of hydrogen-bond donors (Lipinski definition) is 2. The van der Waals surface area contributed by atoms with Crippen molar-refractivity contribution in [3.8, 4) is 5.75 Å². The number of nitrogens with one attached hydrogen (secondary N) is 1. The average molecular weight is 438 g/mol. The Morgan fingerprint density at radius 2 is 1.69 bits per heavy atom. The topological polar surface area (TPSA) is 82.1 Å². The van der Waals surface area contributed by atoms with Gasteiger partial charge >= 0.3 is 5.97 Å². The maximum Gasteiger partial charge on any atom is 0.337 e. The minimum absolute atomic E-state index is 0.0838. The number of amides is 1. The highest BCUT2D eigenvalue weighted by Gasteiger charge is 2.26. The van der Waals surface area contributed by atoms with Crippen LogP contribution in [0.3, 0.4) is 0 Å². The van der Waals surface area contributed by atoms with Gasteiger partial charge in [-0.3, -0.25) is 9.69 Å². The number of ether oxygens (including phenoxy) is 1. The van der Waals surface area contributed by atoms with E-state index in [-0.39, 0.29) is 11.3 Å². The van der Waals surface area contributed by atoms with Gasteiger partial charge in [-0.2, -0.15) is 0 Å². The van der Waals surface area contributed by atoms with Crippen molar-refractivity contribution < 1.29 is 19.4 Å². The lowest BCUT2D eigenvalue weighted by Crippen LogP contribution is -2.50. The first kappa shape index (κ1) is 22.1. The van der Waals surface area contributed by atoms with E-state index in [4.69, 9.17) is 4.74 Å². The number of carboxylic acids is 1. The van der Waals surface area contributed by atoms with Crippen LogP contribution < -0.4 is 15.0 Å². The molecule has 32 heavy (non-hydrogen) atoms. The fourth-order valence-corrected chi connectivity index (χ4v) is 4.83. The number of hydrogen-bond acceptors (Lipinski definition) is 5. The third-order valence-corrected chi connectivity index (χ3v) is 6.60. The molecule has 1 saturated carbocycles. The van der Waals surface area contributed by atoms with Crippen LogP contribution in [0.4, 0.5) is 11.4 Å². The van der Waals surface area contributed by atoms with Gasteiger partial charge in [-0.1, -0.05) is 31.4 Å². The van der Waals surface area contributed by atoms with Crippen LogP contribution in [0.5, 0.6) is 5.75 Å². The number of nitrogens with zero attached hydrogens (tertiary/aromatic N) is 2. The molecule has 0 unspecified atom stereocenters. The molecule has 7 heteroatoms. The van der Waals surface area contributed by atoms with Crippen molar-refractivity contribution in [2.75, 3.05) is 43.5 Å². The van der Waals surface area contributed by atoms with Gasteiger partial charge in [0.05, 0.1) is 23.9 Å². The maximum atomic E-state index is 12.7. The van der Waals surface area contributed by atoms with E-state index in [1.807, 2.05) is 6.07 Å². The molecule has 0 radical (unpaired) electrons. The summed E-state index contributed by atoms with van der Waals surface area (Å²) in [5, 5.41) is 12.5. The van der Waals surface area contributed by atoms with Crippen molar-refractivity contribution in [2.45, 2.75) is 38.1 Å². The van der Waals surface area contributed by atoms with E-state index in [2.05, 4.69) is 15.1 Å². The third-order valence-electron chi connectivity index (χ3n) is 6.60. The van der Waals surface area contributed by atoms with Crippen LogP contribution in [0.1, 0.15) is 52.8 Å². The summed E-state index contributed by atoms with van der Waals surface area (Å²) in [5.41, 5.74) is 1.59. The van der Waals surface area contributed by atoms with E-state index in [0.29, 0.717) is 17.4 Å². The zero-order chi connectivity index (χ0) is 22.5. The van der Waals surface area contributed by atoms with Crippen LogP contribution in [0.25, 0.3) is 0 Å². The molecule has 1 aliphatic carbocycles. The molecule has 1 amide bonds. The van der Waals surface area contributed by atoms with E-state index in [9.17, 15) is 14.7 Å². The molecule has 170 valence electrons. The molecular weight excluding hydrogens is 406 g/mol. The summed E-state index contributed by atoms with van der Waals surface area (Å²) in [6.07, 6.45) is 6.60. The molecule has 0 bridgehead atoms. The summed E-state index contributed by atoms with van der Waals surface area (Å²) in [6.45, 7) is 3.75. The van der Waals surface area contributed by atoms with Gasteiger partial charge in [0.1, 0.15) is 5.75 Å². The molecule has 2 aromatic carbocycles. The van der Waals surface area contributed by atoms with Crippen molar-refractivity contribution in [1.82, 2.24) is 4.90 Å². The Kier molecular flexibility index (Phi) is 6.95. The minimum atomic E-state index is -1.07. The van der Waals surface area contributed by atoms with Gasteiger partial charge in [0, 0.05) is 37.9 Å². The number of methoxy groups -OCH3 is 1. The highest BCUT2D eigenvalue weighted by atomic mass is 16.5. The Hall–Kier alpha value is -3.06. The molecule has 2 fully saturated rings. The molecule has 7 nitrogen and oxygen atoms in total. The Morgan fingerprint density at radius 3 is 2.38 bits per heavy atom. The molecule has 1 saturated heterocycles. The SMILES string of the molecule is COc1ccccc1C(=O)Nc1ccc(N2CCN(C3CCCCC3)CC2)cc1C(=O)O. The molecule has 1 heterocycles. The summed E-state index contributed by atoms with van der Waals surface area (Å²) in [4.78, 5) is 29.5. The number of rotatable bonds is 6. The molecule has 0 aromatic heterocycles. The first-order chi connectivity index (χ1) is 15.6. The van der Waals surface area contributed by atoms with E-state index in [1.165, 1.54) is 39.2 Å². The zero-order valence-electron chi connectivity index (χ0n) is 18.5. The van der Waals surface area contributed by atoms with Gasteiger partial charge in [0.15, 0.2) is 0 Å². The highest BCUT2D eigenvalue weighted by molar-refractivity contribution is 6.09. The quantitative estimate of drug-likeness (QED) is 0.708. The van der Waals surface area contributed by atoms with Crippen molar-refractivity contribution in [3.63, 3.8) is 0 Å². The molecular formula is C25H31N3O4. The van der Waals surface area contributed by atoms with Gasteiger partial charge in [-0.25, -0.2) is 4.79 Å². The first-order valence-electron chi connectivity index (χ1n) is 11.4. The highest BCUT2D eigenvalue weighted by Crippen LogP contribution is 2.28. The lowest BCUT2D eigenvalue weighted by Gasteiger charge is -2.41. The van der Waals surface area contributed by atoms with Gasteiger partial charge < -0.3 is 20.1 Å². The Labute approximate surface area is 189 Å². The second-order valence-corrected chi connectivity index (χ2v) is 8.50. The van der Waals surface area contributed by atoms with Crippen LogP contribution in [0.15, 0.2) is 42.5 Å². The van der Waals surface area contributed by atoms with Crippen LogP contribution in [0, 0.1) is 0 Å². The Bertz CT molecular complexity index is 963. The second-order valence-electron chi connectivity index (χ2n) is 8.50. The van der Waals surface area contributed by atoms with Gasteiger partial charge in [0.25, 0.3) is 5.91 Å². The molecule has 4 rings (SSSR count). The number of para-hydroxylation sites is 1. The number of carbonyl (C=O) groups excluding carboxylic acids is 1. The van der Waals surface area contributed by atoms with E-state index in [0.717, 1.165) is 31.9 Å². The summed E-state index contributed by atoms with van der Waals surface area (Å²) in [7, 11) is 1.50. The predicted octanol–water partition coefficient (Wildman–Crippen LogP) is 4.10. The van der Waals surface area contributed by atoms with Gasteiger partial charge in [-0.05, 0) is 43.2 Å². The number of piperazine rings is 1. The molecule has 0 atom stereocenters. The van der Waals surface area contributed by atoms with Crippen LogP contribution >= 0.6 is 0 Å². The van der Waals surface area contributed by atoms with Crippen LogP contribution in [-0.2, 0) is 0 Å². The monoisotopic (exact) mass is 437 g/mol. The standard InChI is InChI=1S/C25H31N3O4/c1-32-23-10-6-5-9-20(23)24(29)26-22-12-11-19(17-21(22)25(30)31)28-15-13-27(14-16-28)18-7-3-2-4-8-18/h5-6,9-12,17-18H,2-4,7-8,13-16H2,1H3,(H,26,29)(H,30,31). The Balaban J connectivity index is 1.46. The fraction of sp³-hybridized carbons (Fsp3) is 0.440. The van der Waals surface area contributed by atoms with Crippen molar-refractivity contribution in [3.05, 3.63) is 53.6 Å². The second kappa shape index (κ2) is 10.0. The lowest BCUT2D eigenvalue weighted by atomic mass is 9.94. The predicted molar refractivity (Wildman–Crippen MR) is 125 cm³/mol. The van der Waals surface area contributed by atoms with Crippen LogP contribution in [0.2, 0.25) is 0 Å². The number of aromatic carboxylic acids is 1. The molecule has 1 aliphatic heterocycles. The van der Waals surface area contributed by atoms with E-state index >= 15 is 0 Å². The number of anilines is 2. The first-order valence-corrected chi connectivity index (χ1v) is 11.4. The Morgan fingerprint density at radius 1 is 0.969 bits per heavy atom. The number of carboxylic acid groups (broad SMARTS) is 1. The van der Waals surface area contributed by atoms with Crippen molar-refractivity contribution in [2.24, 2.45) is 0 Å². The molecule has 2 aromatic rings. The lowest BCUT2D eigenvalue weighted by molar-refractivity contribution is 0.0698. The number of benzene rings is 2. The normalized spacial score (nSPS) is 17.7. The van der Waals surface area contributed by atoms with Crippen molar-refractivity contribution >= 4 is 23.3 Å². The summed E-state index contributed by atoms with van der Waals surface area (Å²) in [5.74, 6) is -1.03.